The normalized spacial score (nSPS) is 17.0. The molecule has 0 saturated carbocycles. The number of carbonyl (C=O) groups is 2. The van der Waals surface area contributed by atoms with Crippen LogP contribution in [0.1, 0.15) is 23.2 Å². The van der Waals surface area contributed by atoms with Gasteiger partial charge in [-0.1, -0.05) is 0 Å². The van der Waals surface area contributed by atoms with Crippen LogP contribution < -0.4 is 5.73 Å². The first-order valence-corrected chi connectivity index (χ1v) is 6.53. The summed E-state index contributed by atoms with van der Waals surface area (Å²) in [7, 11) is 0. The molecule has 1 fully saturated rings. The van der Waals surface area contributed by atoms with Crippen molar-refractivity contribution in [2.45, 2.75) is 18.4 Å². The van der Waals surface area contributed by atoms with Crippen molar-refractivity contribution in [3.8, 4) is 0 Å². The van der Waals surface area contributed by atoms with Crippen molar-refractivity contribution in [3.63, 3.8) is 0 Å². The third kappa shape index (κ3) is 2.84. The molecule has 0 atom stereocenters. The van der Waals surface area contributed by atoms with E-state index in [1.807, 2.05) is 0 Å². The number of aliphatic carboxylic acids is 1. The van der Waals surface area contributed by atoms with E-state index < -0.39 is 22.4 Å². The number of carboxylic acids is 1. The molecule has 0 spiro atoms. The molecule has 0 radical (unpaired) electrons. The van der Waals surface area contributed by atoms with Gasteiger partial charge in [0, 0.05) is 37.6 Å². The number of nitrogens with zero attached hydrogens (tertiary/aromatic N) is 2. The maximum atomic E-state index is 12.3. The smallest absolute Gasteiger partial charge is 0.335 e. The number of hydrogen-bond acceptors (Lipinski definition) is 6. The number of nitro benzene ring substituents is 1. The van der Waals surface area contributed by atoms with Crippen LogP contribution in [0.2, 0.25) is 0 Å². The van der Waals surface area contributed by atoms with E-state index in [4.69, 9.17) is 10.8 Å². The van der Waals surface area contributed by atoms with Crippen LogP contribution >= 0.6 is 0 Å². The molecule has 4 N–H and O–H groups in total. The Morgan fingerprint density at radius 3 is 2.41 bits per heavy atom. The molecule has 1 aliphatic heterocycles. The number of amides is 1. The fourth-order valence-corrected chi connectivity index (χ4v) is 2.31. The zero-order valence-corrected chi connectivity index (χ0v) is 11.6. The Balaban J connectivity index is 2.15. The molecule has 1 aromatic carbocycles. The van der Waals surface area contributed by atoms with Gasteiger partial charge in [-0.05, 0) is 12.1 Å². The maximum absolute atomic E-state index is 12.3. The predicted octanol–water partition coefficient (Wildman–Crippen LogP) is 0.229. The summed E-state index contributed by atoms with van der Waals surface area (Å²) >= 11 is 0. The molecule has 118 valence electrons. The minimum atomic E-state index is -1.83. The number of hydrogen-bond donors (Lipinski definition) is 3. The van der Waals surface area contributed by atoms with E-state index in [9.17, 15) is 24.8 Å². The number of piperidine rings is 1. The first-order chi connectivity index (χ1) is 10.2. The van der Waals surface area contributed by atoms with E-state index >= 15 is 0 Å². The summed E-state index contributed by atoms with van der Waals surface area (Å²) in [5, 5.41) is 29.6. The molecule has 1 aromatic rings. The van der Waals surface area contributed by atoms with Crippen LogP contribution in [-0.2, 0) is 4.79 Å². The topological polar surface area (TPSA) is 147 Å². The Hall–Kier alpha value is -2.68. The number of nitrogen functional groups attached to an aromatic ring is 1. The third-order valence-corrected chi connectivity index (χ3v) is 3.75. The van der Waals surface area contributed by atoms with Crippen LogP contribution in [-0.4, -0.2) is 50.6 Å². The SMILES string of the molecule is Nc1ccc(C(=O)N2CCC(O)(C(=O)O)CC2)cc1[N+](=O)[O-]. The molecule has 1 saturated heterocycles. The number of aliphatic hydroxyl groups is 1. The first-order valence-electron chi connectivity index (χ1n) is 6.53. The van der Waals surface area contributed by atoms with Gasteiger partial charge in [-0.2, -0.15) is 0 Å². The van der Waals surface area contributed by atoms with Crippen LogP contribution in [0.25, 0.3) is 0 Å². The molecule has 0 bridgehead atoms. The average Bonchev–Trinajstić information content (AvgIpc) is 2.47. The molecule has 1 heterocycles. The molecular formula is C13H15N3O6. The maximum Gasteiger partial charge on any atom is 0.335 e. The standard InChI is InChI=1S/C13H15N3O6/c14-9-2-1-8(7-10(9)16(21)22)11(17)15-5-3-13(20,4-6-15)12(18)19/h1-2,7,20H,3-6,14H2,(H,18,19). The average molecular weight is 309 g/mol. The van der Waals surface area contributed by atoms with Gasteiger partial charge in [-0.15, -0.1) is 0 Å². The molecule has 2 rings (SSSR count). The second-order valence-corrected chi connectivity index (χ2v) is 5.16. The summed E-state index contributed by atoms with van der Waals surface area (Å²) in [6.07, 6.45) is -0.184. The summed E-state index contributed by atoms with van der Waals surface area (Å²) in [5.74, 6) is -1.78. The fraction of sp³-hybridized carbons (Fsp3) is 0.385. The largest absolute Gasteiger partial charge is 0.479 e. The molecule has 1 amide bonds. The van der Waals surface area contributed by atoms with E-state index in [0.29, 0.717) is 0 Å². The van der Waals surface area contributed by atoms with Crippen molar-refractivity contribution >= 4 is 23.3 Å². The number of rotatable bonds is 3. The molecule has 9 heteroatoms. The first kappa shape index (κ1) is 15.7. The van der Waals surface area contributed by atoms with Crippen LogP contribution in [0.5, 0.6) is 0 Å². The van der Waals surface area contributed by atoms with Crippen molar-refractivity contribution < 1.29 is 24.7 Å². The van der Waals surface area contributed by atoms with Crippen molar-refractivity contribution in [2.75, 3.05) is 18.8 Å². The van der Waals surface area contributed by atoms with Gasteiger partial charge in [0.05, 0.1) is 4.92 Å². The Morgan fingerprint density at radius 2 is 1.91 bits per heavy atom. The van der Waals surface area contributed by atoms with Crippen molar-refractivity contribution in [2.24, 2.45) is 0 Å². The Bertz CT molecular complexity index is 637. The van der Waals surface area contributed by atoms with E-state index in [1.54, 1.807) is 0 Å². The summed E-state index contributed by atoms with van der Waals surface area (Å²) in [5.41, 5.74) is 3.34. The Morgan fingerprint density at radius 1 is 1.32 bits per heavy atom. The monoisotopic (exact) mass is 309 g/mol. The summed E-state index contributed by atoms with van der Waals surface area (Å²) in [6, 6.07) is 3.75. The lowest BCUT2D eigenvalue weighted by atomic mass is 9.91. The zero-order chi connectivity index (χ0) is 16.5. The predicted molar refractivity (Wildman–Crippen MR) is 75.2 cm³/mol. The third-order valence-electron chi connectivity index (χ3n) is 3.75. The number of carbonyl (C=O) groups excluding carboxylic acids is 1. The molecule has 0 aliphatic carbocycles. The second kappa shape index (κ2) is 5.60. The highest BCUT2D eigenvalue weighted by Crippen LogP contribution is 2.26. The van der Waals surface area contributed by atoms with Gasteiger partial charge in [0.2, 0.25) is 0 Å². The molecular weight excluding hydrogens is 294 g/mol. The summed E-state index contributed by atoms with van der Waals surface area (Å²) in [6.45, 7) is 0.111. The molecule has 9 nitrogen and oxygen atoms in total. The minimum Gasteiger partial charge on any atom is -0.479 e. The van der Waals surface area contributed by atoms with Crippen molar-refractivity contribution in [1.82, 2.24) is 4.90 Å². The molecule has 1 aliphatic rings. The van der Waals surface area contributed by atoms with Gasteiger partial charge in [-0.3, -0.25) is 14.9 Å². The molecule has 0 aromatic heterocycles. The van der Waals surface area contributed by atoms with Gasteiger partial charge in [-0.25, -0.2) is 4.79 Å². The van der Waals surface area contributed by atoms with E-state index in [-0.39, 0.29) is 42.9 Å². The van der Waals surface area contributed by atoms with Gasteiger partial charge >= 0.3 is 5.97 Å². The minimum absolute atomic E-state index is 0.0413. The number of anilines is 1. The number of nitro groups is 1. The number of carboxylic acid groups (broad SMARTS) is 1. The second-order valence-electron chi connectivity index (χ2n) is 5.16. The lowest BCUT2D eigenvalue weighted by molar-refractivity contribution is -0.383. The van der Waals surface area contributed by atoms with Crippen LogP contribution in [0, 0.1) is 10.1 Å². The van der Waals surface area contributed by atoms with Gasteiger partial charge in [0.1, 0.15) is 5.69 Å². The summed E-state index contributed by atoms with van der Waals surface area (Å²) < 4.78 is 0. The van der Waals surface area contributed by atoms with E-state index in [1.165, 1.54) is 17.0 Å². The fourth-order valence-electron chi connectivity index (χ4n) is 2.31. The van der Waals surface area contributed by atoms with Crippen LogP contribution in [0.15, 0.2) is 18.2 Å². The number of benzene rings is 1. The lowest BCUT2D eigenvalue weighted by Gasteiger charge is -2.35. The molecule has 22 heavy (non-hydrogen) atoms. The quantitative estimate of drug-likeness (QED) is 0.411. The van der Waals surface area contributed by atoms with Crippen LogP contribution in [0.4, 0.5) is 11.4 Å². The van der Waals surface area contributed by atoms with Gasteiger partial charge < -0.3 is 20.8 Å². The summed E-state index contributed by atoms with van der Waals surface area (Å²) in [4.78, 5) is 34.8. The number of nitrogens with two attached hydrogens (primary N) is 1. The highest BCUT2D eigenvalue weighted by Gasteiger charge is 2.40. The van der Waals surface area contributed by atoms with E-state index in [0.717, 1.165) is 6.07 Å². The molecule has 0 unspecified atom stereocenters. The highest BCUT2D eigenvalue weighted by molar-refractivity contribution is 5.96. The Kier molecular flexibility index (Phi) is 4.00. The van der Waals surface area contributed by atoms with Gasteiger partial charge in [0.25, 0.3) is 11.6 Å². The van der Waals surface area contributed by atoms with Gasteiger partial charge in [0.15, 0.2) is 5.60 Å². The number of likely N-dealkylation sites (tertiary alicyclic amines) is 1. The van der Waals surface area contributed by atoms with Crippen molar-refractivity contribution in [1.29, 1.82) is 0 Å². The lowest BCUT2D eigenvalue weighted by Crippen LogP contribution is -2.50. The zero-order valence-electron chi connectivity index (χ0n) is 11.6. The van der Waals surface area contributed by atoms with E-state index in [2.05, 4.69) is 0 Å². The highest BCUT2D eigenvalue weighted by atomic mass is 16.6. The van der Waals surface area contributed by atoms with Crippen molar-refractivity contribution in [3.05, 3.63) is 33.9 Å². The Labute approximate surface area is 125 Å². The van der Waals surface area contributed by atoms with Crippen LogP contribution in [0.3, 0.4) is 0 Å².